The molecule has 7 heteroatoms. The molecule has 3 aliphatic rings. The molecule has 0 bridgehead atoms. The molecule has 1 aromatic carbocycles. The summed E-state index contributed by atoms with van der Waals surface area (Å²) in [5.41, 5.74) is 1.55. The first-order chi connectivity index (χ1) is 15.4. The van der Waals surface area contributed by atoms with Crippen LogP contribution < -0.4 is 5.32 Å². The highest BCUT2D eigenvalue weighted by molar-refractivity contribution is 5.96. The number of aliphatic imine (C=N–C) groups is 1. The number of amides is 1. The number of hydrogen-bond acceptors (Lipinski definition) is 4. The van der Waals surface area contributed by atoms with E-state index >= 15 is 0 Å². The number of H-pyrrole nitrogens is 1. The SMILES string of the molecule is C#[N+][C@]12C[C@@]3(N=C)c4[nH]c5ccccc5c4CCN3C[C@]1(C)[C@H](C)OC=C2C(=O)NCC. The van der Waals surface area contributed by atoms with E-state index in [1.165, 1.54) is 10.9 Å². The Labute approximate surface area is 188 Å². The summed E-state index contributed by atoms with van der Waals surface area (Å²) >= 11 is 0. The number of para-hydroxylation sites is 1. The topological polar surface area (TPSA) is 74.1 Å². The maximum atomic E-state index is 13.2. The number of piperidine rings is 1. The van der Waals surface area contributed by atoms with Crippen LogP contribution in [0.1, 0.15) is 38.4 Å². The minimum absolute atomic E-state index is 0.181. The van der Waals surface area contributed by atoms with E-state index in [1.807, 2.05) is 19.9 Å². The smallest absolute Gasteiger partial charge is 0.327 e. The second-order valence-corrected chi connectivity index (χ2v) is 9.42. The van der Waals surface area contributed by atoms with Crippen LogP contribution in [0.2, 0.25) is 0 Å². The molecule has 0 spiro atoms. The van der Waals surface area contributed by atoms with E-state index in [1.54, 1.807) is 6.26 Å². The second kappa shape index (κ2) is 6.94. The van der Waals surface area contributed by atoms with Gasteiger partial charge < -0.3 is 15.0 Å². The first-order valence-corrected chi connectivity index (χ1v) is 11.3. The van der Waals surface area contributed by atoms with Crippen LogP contribution in [0.15, 0.2) is 41.1 Å². The van der Waals surface area contributed by atoms with E-state index in [-0.39, 0.29) is 12.0 Å². The molecule has 2 aromatic rings. The molecule has 1 fully saturated rings. The zero-order valence-corrected chi connectivity index (χ0v) is 18.9. The number of carbonyl (C=O) groups is 1. The van der Waals surface area contributed by atoms with Gasteiger partial charge in [0.05, 0.1) is 12.1 Å². The predicted octanol–water partition coefficient (Wildman–Crippen LogP) is 3.43. The number of nitrogens with one attached hydrogen (secondary N) is 2. The van der Waals surface area contributed by atoms with Gasteiger partial charge in [-0.1, -0.05) is 23.0 Å². The van der Waals surface area contributed by atoms with Crippen molar-refractivity contribution < 1.29 is 9.53 Å². The molecule has 4 heterocycles. The van der Waals surface area contributed by atoms with Gasteiger partial charge in [0.2, 0.25) is 0 Å². The Bertz CT molecular complexity index is 1190. The molecule has 0 radical (unpaired) electrons. The number of aromatic nitrogens is 1. The summed E-state index contributed by atoms with van der Waals surface area (Å²) in [4.78, 5) is 28.4. The summed E-state index contributed by atoms with van der Waals surface area (Å²) in [5, 5.41) is 4.12. The Morgan fingerprint density at radius 1 is 1.47 bits per heavy atom. The predicted molar refractivity (Wildman–Crippen MR) is 126 cm³/mol. The van der Waals surface area contributed by atoms with E-state index in [4.69, 9.17) is 16.3 Å². The van der Waals surface area contributed by atoms with Gasteiger partial charge in [0.25, 0.3) is 12.5 Å². The molecule has 0 unspecified atom stereocenters. The third kappa shape index (κ3) is 2.39. The van der Waals surface area contributed by atoms with Crippen molar-refractivity contribution in [1.29, 1.82) is 0 Å². The molecule has 0 aliphatic carbocycles. The molecule has 1 saturated heterocycles. The van der Waals surface area contributed by atoms with E-state index in [2.05, 4.69) is 51.9 Å². The van der Waals surface area contributed by atoms with Crippen LogP contribution in [-0.2, 0) is 21.6 Å². The average Bonchev–Trinajstić information content (AvgIpc) is 3.18. The number of likely N-dealkylation sites (N-methyl/N-ethyl adjacent to an activating group) is 1. The Balaban J connectivity index is 1.74. The Morgan fingerprint density at radius 3 is 2.97 bits per heavy atom. The van der Waals surface area contributed by atoms with Gasteiger partial charge in [0.15, 0.2) is 5.66 Å². The number of nitrogens with zero attached hydrogens (tertiary/aromatic N) is 3. The van der Waals surface area contributed by atoms with Crippen molar-refractivity contribution in [2.75, 3.05) is 19.6 Å². The van der Waals surface area contributed by atoms with Crippen LogP contribution in [0.5, 0.6) is 0 Å². The molecule has 166 valence electrons. The fourth-order valence-electron chi connectivity index (χ4n) is 6.17. The number of hydrogen-bond donors (Lipinski definition) is 2. The van der Waals surface area contributed by atoms with E-state index in [9.17, 15) is 4.79 Å². The lowest BCUT2D eigenvalue weighted by molar-refractivity contribution is -0.133. The van der Waals surface area contributed by atoms with Gasteiger partial charge in [-0.05, 0) is 45.5 Å². The maximum absolute atomic E-state index is 13.2. The Kier molecular flexibility index (Phi) is 4.51. The van der Waals surface area contributed by atoms with Crippen molar-refractivity contribution in [2.45, 2.75) is 50.9 Å². The molecule has 4 atom stereocenters. The summed E-state index contributed by atoms with van der Waals surface area (Å²) in [6, 6.07) is 8.31. The van der Waals surface area contributed by atoms with Gasteiger partial charge in [-0.3, -0.25) is 14.7 Å². The van der Waals surface area contributed by atoms with Gasteiger partial charge in [0.1, 0.15) is 23.4 Å². The molecular formula is C25H30N5O2+. The minimum atomic E-state index is -0.979. The minimum Gasteiger partial charge on any atom is -0.497 e. The van der Waals surface area contributed by atoms with Crippen LogP contribution in [0.4, 0.5) is 0 Å². The standard InChI is InChI=1S/C25H29N5O2/c1-6-28-22(31)19-13-32-16(2)23(3)15-30-12-11-18-17-9-7-8-10-20(17)29-21(18)25(30,27-5)14-24(19,23)26-4/h4,7-10,13,16,29H,5-6,11-12,14-15H2,1-3H3/p+1/t16-,23+,24-,25-/m0/s1. The summed E-state index contributed by atoms with van der Waals surface area (Å²) in [7, 11) is 0. The van der Waals surface area contributed by atoms with Crippen molar-refractivity contribution in [1.82, 2.24) is 15.2 Å². The molecule has 5 rings (SSSR count). The van der Waals surface area contributed by atoms with Crippen LogP contribution in [0, 0.1) is 12.0 Å². The van der Waals surface area contributed by atoms with E-state index < -0.39 is 16.6 Å². The first-order valence-electron chi connectivity index (χ1n) is 11.3. The lowest BCUT2D eigenvalue weighted by Gasteiger charge is -2.57. The number of rotatable bonds is 3. The van der Waals surface area contributed by atoms with E-state index in [0.717, 1.165) is 24.2 Å². The summed E-state index contributed by atoms with van der Waals surface area (Å²) in [6.07, 6.45) is 2.69. The summed E-state index contributed by atoms with van der Waals surface area (Å²) in [5.74, 6) is -0.208. The highest BCUT2D eigenvalue weighted by Crippen LogP contribution is 2.60. The number of ether oxygens (including phenoxy) is 1. The van der Waals surface area contributed by atoms with E-state index in [0.29, 0.717) is 25.1 Å². The van der Waals surface area contributed by atoms with Crippen molar-refractivity contribution in [3.63, 3.8) is 0 Å². The Hall–Kier alpha value is -3.11. The normalized spacial score (nSPS) is 33.7. The molecule has 7 nitrogen and oxygen atoms in total. The number of benzene rings is 1. The zero-order chi connectivity index (χ0) is 22.7. The molecule has 3 aliphatic heterocycles. The molecule has 2 N–H and O–H groups in total. The van der Waals surface area contributed by atoms with Gasteiger partial charge in [-0.25, -0.2) is 0 Å². The maximum Gasteiger partial charge on any atom is 0.327 e. The number of carbonyl (C=O) groups excluding carboxylic acids is 1. The van der Waals surface area contributed by atoms with Gasteiger partial charge in [-0.15, -0.1) is 0 Å². The van der Waals surface area contributed by atoms with Crippen LogP contribution in [0.3, 0.4) is 0 Å². The third-order valence-corrected chi connectivity index (χ3v) is 8.13. The second-order valence-electron chi connectivity index (χ2n) is 9.42. The van der Waals surface area contributed by atoms with Crippen LogP contribution in [0.25, 0.3) is 15.7 Å². The first kappa shape index (κ1) is 20.8. The molecule has 0 saturated carbocycles. The molecule has 1 aromatic heterocycles. The summed E-state index contributed by atoms with van der Waals surface area (Å²) in [6.45, 7) is 18.2. The monoisotopic (exact) mass is 432 g/mol. The van der Waals surface area contributed by atoms with Gasteiger partial charge in [0, 0.05) is 30.5 Å². The Morgan fingerprint density at radius 2 is 2.25 bits per heavy atom. The third-order valence-electron chi connectivity index (χ3n) is 8.13. The molecule has 32 heavy (non-hydrogen) atoms. The molecule has 1 amide bonds. The van der Waals surface area contributed by atoms with Gasteiger partial charge >= 0.3 is 5.54 Å². The van der Waals surface area contributed by atoms with Crippen LogP contribution in [-0.4, -0.2) is 53.8 Å². The number of aromatic amines is 1. The summed E-state index contributed by atoms with van der Waals surface area (Å²) < 4.78 is 6.00. The fourth-order valence-corrected chi connectivity index (χ4v) is 6.17. The van der Waals surface area contributed by atoms with Crippen molar-refractivity contribution in [3.8, 4) is 6.57 Å². The average molecular weight is 433 g/mol. The lowest BCUT2D eigenvalue weighted by atomic mass is 9.56. The number of fused-ring (bicyclic) bond motifs is 6. The van der Waals surface area contributed by atoms with Crippen molar-refractivity contribution >= 4 is 23.5 Å². The highest BCUT2D eigenvalue weighted by Gasteiger charge is 2.74. The lowest BCUT2D eigenvalue weighted by Crippen LogP contribution is -2.71. The largest absolute Gasteiger partial charge is 0.497 e. The van der Waals surface area contributed by atoms with Crippen LogP contribution >= 0.6 is 0 Å². The quantitative estimate of drug-likeness (QED) is 0.730. The molecular weight excluding hydrogens is 402 g/mol. The zero-order valence-electron chi connectivity index (χ0n) is 18.9. The van der Waals surface area contributed by atoms with Crippen molar-refractivity contribution in [3.05, 3.63) is 52.2 Å². The highest BCUT2D eigenvalue weighted by atomic mass is 16.5. The van der Waals surface area contributed by atoms with Gasteiger partial charge in [-0.2, -0.15) is 0 Å². The van der Waals surface area contributed by atoms with Crippen molar-refractivity contribution in [2.24, 2.45) is 10.4 Å². The fraction of sp³-hybridized carbons (Fsp3) is 0.480.